The van der Waals surface area contributed by atoms with Crippen molar-refractivity contribution < 1.29 is 9.67 Å². The minimum Gasteiger partial charge on any atom is -0.494 e. The summed E-state index contributed by atoms with van der Waals surface area (Å²) in [5.41, 5.74) is 4.49. The second kappa shape index (κ2) is 8.31. The van der Waals surface area contributed by atoms with Gasteiger partial charge in [0.15, 0.2) is 11.9 Å². The molecule has 1 aromatic carbocycles. The molecule has 1 aliphatic rings. The third-order valence-electron chi connectivity index (χ3n) is 6.62. The van der Waals surface area contributed by atoms with Crippen molar-refractivity contribution in [2.24, 2.45) is 14.1 Å². The van der Waals surface area contributed by atoms with E-state index in [-0.39, 0.29) is 11.0 Å². The van der Waals surface area contributed by atoms with Gasteiger partial charge in [-0.05, 0) is 44.1 Å². The van der Waals surface area contributed by atoms with E-state index in [1.54, 1.807) is 6.08 Å². The molecule has 0 spiro atoms. The summed E-state index contributed by atoms with van der Waals surface area (Å²) >= 11 is 0. The molecule has 0 aliphatic carbocycles. The highest BCUT2D eigenvalue weighted by molar-refractivity contribution is 5.79. The molecule has 34 heavy (non-hydrogen) atoms. The van der Waals surface area contributed by atoms with Gasteiger partial charge in [-0.3, -0.25) is 13.9 Å². The van der Waals surface area contributed by atoms with Crippen LogP contribution in [0.5, 0.6) is 5.88 Å². The summed E-state index contributed by atoms with van der Waals surface area (Å²) in [6, 6.07) is 12.7. The number of aromatic nitrogens is 3. The molecule has 0 radical (unpaired) electrons. The third kappa shape index (κ3) is 3.48. The molecule has 4 rings (SSSR count). The molecule has 0 bridgehead atoms. The molecule has 3 heterocycles. The van der Waals surface area contributed by atoms with Crippen molar-refractivity contribution in [2.75, 3.05) is 0 Å². The van der Waals surface area contributed by atoms with Gasteiger partial charge in [0.1, 0.15) is 5.56 Å². The van der Waals surface area contributed by atoms with Crippen LogP contribution in [-0.2, 0) is 25.9 Å². The van der Waals surface area contributed by atoms with Gasteiger partial charge >= 0.3 is 5.69 Å². The van der Waals surface area contributed by atoms with Crippen LogP contribution in [0.25, 0.3) is 17.3 Å². The van der Waals surface area contributed by atoms with Crippen LogP contribution < -0.4 is 15.8 Å². The summed E-state index contributed by atoms with van der Waals surface area (Å²) in [6.45, 7) is 6.51. The fraction of sp³-hybridized carbons (Fsp3) is 0.259. The van der Waals surface area contributed by atoms with Gasteiger partial charge < -0.3 is 5.11 Å². The lowest BCUT2D eigenvalue weighted by Gasteiger charge is -2.15. The van der Waals surface area contributed by atoms with Crippen LogP contribution in [0.2, 0.25) is 0 Å². The van der Waals surface area contributed by atoms with Gasteiger partial charge in [0, 0.05) is 43.4 Å². The van der Waals surface area contributed by atoms with Gasteiger partial charge in [-0.15, -0.1) is 0 Å². The van der Waals surface area contributed by atoms with Crippen LogP contribution in [0, 0.1) is 11.3 Å². The SMILES string of the molecule is CCc1ccc2c(c1)C(C)(C)c1cc(/C(C#N)=C/C=C/c3c(O)n(C)c(=O)n(C)c3=O)cc[n+]1-2. The lowest BCUT2D eigenvalue weighted by molar-refractivity contribution is -0.599. The summed E-state index contributed by atoms with van der Waals surface area (Å²) in [5, 5.41) is 20.0. The van der Waals surface area contributed by atoms with Crippen molar-refractivity contribution in [2.45, 2.75) is 32.6 Å². The lowest BCUT2D eigenvalue weighted by atomic mass is 9.82. The quantitative estimate of drug-likeness (QED) is 0.372. The molecular weight excluding hydrogens is 428 g/mol. The highest BCUT2D eigenvalue weighted by Crippen LogP contribution is 2.39. The summed E-state index contributed by atoms with van der Waals surface area (Å²) < 4.78 is 4.09. The molecule has 0 fully saturated rings. The zero-order valence-corrected chi connectivity index (χ0v) is 20.0. The number of pyridine rings is 1. The highest BCUT2D eigenvalue weighted by Gasteiger charge is 2.43. The van der Waals surface area contributed by atoms with Crippen LogP contribution in [0.1, 0.15) is 48.7 Å². The fourth-order valence-electron chi connectivity index (χ4n) is 4.45. The molecular formula is C27H27N4O3+. The number of fused-ring (bicyclic) bond motifs is 3. The normalized spacial score (nSPS) is 14.2. The van der Waals surface area contributed by atoms with Crippen molar-refractivity contribution in [1.82, 2.24) is 9.13 Å². The molecule has 1 aliphatic heterocycles. The number of allylic oxidation sites excluding steroid dienone is 3. The number of nitrogens with zero attached hydrogens (tertiary/aromatic N) is 4. The molecule has 0 amide bonds. The third-order valence-corrected chi connectivity index (χ3v) is 6.62. The van der Waals surface area contributed by atoms with Crippen molar-refractivity contribution in [3.63, 3.8) is 0 Å². The molecule has 0 unspecified atom stereocenters. The summed E-state index contributed by atoms with van der Waals surface area (Å²) in [4.78, 5) is 24.3. The minimum atomic E-state index is -0.613. The summed E-state index contributed by atoms with van der Waals surface area (Å²) in [5.74, 6) is -0.420. The Labute approximate surface area is 197 Å². The number of aryl methyl sites for hydroxylation is 1. The number of hydrogen-bond acceptors (Lipinski definition) is 4. The molecule has 0 saturated carbocycles. The Hall–Kier alpha value is -4.18. The zero-order chi connectivity index (χ0) is 24.8. The molecule has 2 aromatic heterocycles. The minimum absolute atomic E-state index is 0.0223. The molecule has 7 nitrogen and oxygen atoms in total. The van der Waals surface area contributed by atoms with Gasteiger partial charge in [-0.2, -0.15) is 9.83 Å². The lowest BCUT2D eigenvalue weighted by Crippen LogP contribution is -2.37. The number of rotatable bonds is 4. The van der Waals surface area contributed by atoms with Gasteiger partial charge in [-0.25, -0.2) is 4.79 Å². The van der Waals surface area contributed by atoms with E-state index in [0.717, 1.165) is 32.5 Å². The Morgan fingerprint density at radius 2 is 1.91 bits per heavy atom. The summed E-state index contributed by atoms with van der Waals surface area (Å²) in [7, 11) is 2.74. The first-order valence-corrected chi connectivity index (χ1v) is 11.1. The fourth-order valence-corrected chi connectivity index (χ4v) is 4.45. The number of nitriles is 1. The first kappa shape index (κ1) is 23.0. The predicted octanol–water partition coefficient (Wildman–Crippen LogP) is 2.89. The van der Waals surface area contributed by atoms with E-state index < -0.39 is 17.1 Å². The van der Waals surface area contributed by atoms with E-state index in [1.807, 2.05) is 18.3 Å². The van der Waals surface area contributed by atoms with Crippen LogP contribution in [0.15, 0.2) is 58.3 Å². The highest BCUT2D eigenvalue weighted by atomic mass is 16.3. The Kier molecular flexibility index (Phi) is 5.62. The van der Waals surface area contributed by atoms with Gasteiger partial charge in [-0.1, -0.05) is 19.1 Å². The number of benzene rings is 1. The van der Waals surface area contributed by atoms with Crippen molar-refractivity contribution in [1.29, 1.82) is 5.26 Å². The monoisotopic (exact) mass is 455 g/mol. The van der Waals surface area contributed by atoms with Gasteiger partial charge in [0.25, 0.3) is 5.56 Å². The maximum atomic E-state index is 12.4. The first-order valence-electron chi connectivity index (χ1n) is 11.1. The van der Waals surface area contributed by atoms with E-state index in [2.05, 4.69) is 49.6 Å². The molecule has 3 aromatic rings. The van der Waals surface area contributed by atoms with E-state index in [4.69, 9.17) is 0 Å². The van der Waals surface area contributed by atoms with E-state index in [1.165, 1.54) is 37.4 Å². The van der Waals surface area contributed by atoms with E-state index in [9.17, 15) is 20.0 Å². The van der Waals surface area contributed by atoms with E-state index >= 15 is 0 Å². The number of aromatic hydroxyl groups is 1. The second-order valence-corrected chi connectivity index (χ2v) is 9.00. The standard InChI is InChI=1S/C27H26N4O3/c1-6-17-10-11-22-21(14-17)27(2,3)23-15-18(12-13-31(22)23)19(16-28)8-7-9-20-24(32)29(4)26(34)30(5)25(20)33/h7-15H,6H2,1-5H3/p+1. The Morgan fingerprint density at radius 3 is 2.59 bits per heavy atom. The predicted molar refractivity (Wildman–Crippen MR) is 131 cm³/mol. The largest absolute Gasteiger partial charge is 0.494 e. The van der Waals surface area contributed by atoms with E-state index in [0.29, 0.717) is 5.57 Å². The molecule has 7 heteroatoms. The molecule has 0 atom stereocenters. The maximum Gasteiger partial charge on any atom is 0.333 e. The van der Waals surface area contributed by atoms with Gasteiger partial charge in [0.05, 0.1) is 17.1 Å². The molecule has 1 N–H and O–H groups in total. The average molecular weight is 456 g/mol. The van der Waals surface area contributed by atoms with Crippen LogP contribution >= 0.6 is 0 Å². The Balaban J connectivity index is 1.74. The van der Waals surface area contributed by atoms with Crippen LogP contribution in [-0.4, -0.2) is 14.2 Å². The topological polar surface area (TPSA) is 91.9 Å². The van der Waals surface area contributed by atoms with Crippen LogP contribution in [0.4, 0.5) is 0 Å². The first-order chi connectivity index (χ1) is 16.1. The average Bonchev–Trinajstić information content (AvgIpc) is 3.07. The van der Waals surface area contributed by atoms with Gasteiger partial charge in [0.2, 0.25) is 11.6 Å². The smallest absolute Gasteiger partial charge is 0.333 e. The van der Waals surface area contributed by atoms with Crippen LogP contribution in [0.3, 0.4) is 0 Å². The summed E-state index contributed by atoms with van der Waals surface area (Å²) in [6.07, 6.45) is 7.49. The molecule has 0 saturated heterocycles. The van der Waals surface area contributed by atoms with Crippen molar-refractivity contribution in [3.8, 4) is 17.6 Å². The molecule has 172 valence electrons. The van der Waals surface area contributed by atoms with Crippen molar-refractivity contribution in [3.05, 3.63) is 97.5 Å². The Bertz CT molecular complexity index is 1550. The number of hydrogen-bond donors (Lipinski definition) is 1. The maximum absolute atomic E-state index is 12.4. The zero-order valence-electron chi connectivity index (χ0n) is 20.0. The van der Waals surface area contributed by atoms with Crippen molar-refractivity contribution >= 4 is 11.6 Å². The second-order valence-electron chi connectivity index (χ2n) is 9.00. The Morgan fingerprint density at radius 1 is 1.18 bits per heavy atom.